The van der Waals surface area contributed by atoms with Crippen molar-refractivity contribution in [2.75, 3.05) is 0 Å². The van der Waals surface area contributed by atoms with Gasteiger partial charge in [-0.3, -0.25) is 0 Å². The number of H-pyrrole nitrogens is 1. The van der Waals surface area contributed by atoms with E-state index in [1.165, 1.54) is 0 Å². The molecule has 0 bridgehead atoms. The first-order valence-corrected chi connectivity index (χ1v) is 9.75. The first-order chi connectivity index (χ1) is 13.7. The van der Waals surface area contributed by atoms with Crippen LogP contribution in [-0.2, 0) is 0 Å². The number of nitrogens with zero attached hydrogens (tertiary/aromatic N) is 4. The fourth-order valence-electron chi connectivity index (χ4n) is 2.86. The van der Waals surface area contributed by atoms with Gasteiger partial charge < -0.3 is 4.74 Å². The van der Waals surface area contributed by atoms with Crippen LogP contribution in [0.2, 0.25) is 0 Å². The summed E-state index contributed by atoms with van der Waals surface area (Å²) in [7, 11) is 0. The number of benzene rings is 2. The number of hydrogen-bond acceptors (Lipinski definition) is 5. The zero-order valence-electron chi connectivity index (χ0n) is 15.2. The van der Waals surface area contributed by atoms with Crippen LogP contribution in [0.15, 0.2) is 59.1 Å². The smallest absolute Gasteiger partial charge is 0.214 e. The third kappa shape index (κ3) is 4.26. The Labute approximate surface area is 170 Å². The lowest BCUT2D eigenvalue weighted by molar-refractivity contribution is 0.191. The van der Waals surface area contributed by atoms with Crippen LogP contribution in [0.1, 0.15) is 36.5 Å². The van der Waals surface area contributed by atoms with Crippen LogP contribution < -0.4 is 4.74 Å². The highest BCUT2D eigenvalue weighted by atomic mass is 79.9. The molecule has 1 unspecified atom stereocenters. The van der Waals surface area contributed by atoms with Crippen LogP contribution in [0, 0.1) is 0 Å². The maximum atomic E-state index is 6.03. The standard InChI is InChI=1S/C21H18BrN5O/c1-2-20(21-24-26-27-25-21)28-18-5-3-4-14(12-18)6-10-17-11-8-15-7-9-16(22)13-19(15)23-17/h3-13,20H,2H2,1H3,(H,24,25,26,27). The van der Waals surface area contributed by atoms with E-state index in [9.17, 15) is 0 Å². The molecule has 0 aliphatic carbocycles. The van der Waals surface area contributed by atoms with Crippen LogP contribution in [-0.4, -0.2) is 25.6 Å². The summed E-state index contributed by atoms with van der Waals surface area (Å²) in [5.41, 5.74) is 2.88. The predicted octanol–water partition coefficient (Wildman–Crippen LogP) is 5.21. The molecule has 140 valence electrons. The number of fused-ring (bicyclic) bond motifs is 1. The third-order valence-electron chi connectivity index (χ3n) is 4.28. The number of ether oxygens (including phenoxy) is 1. The topological polar surface area (TPSA) is 76.6 Å². The summed E-state index contributed by atoms with van der Waals surface area (Å²) >= 11 is 3.49. The zero-order valence-corrected chi connectivity index (χ0v) is 16.8. The lowest BCUT2D eigenvalue weighted by Crippen LogP contribution is -2.08. The Morgan fingerprint density at radius 2 is 2.00 bits per heavy atom. The Balaban J connectivity index is 1.53. The van der Waals surface area contributed by atoms with E-state index in [0.29, 0.717) is 5.82 Å². The van der Waals surface area contributed by atoms with Gasteiger partial charge in [-0.05, 0) is 48.4 Å². The van der Waals surface area contributed by atoms with Crippen LogP contribution in [0.4, 0.5) is 0 Å². The van der Waals surface area contributed by atoms with E-state index in [-0.39, 0.29) is 6.10 Å². The molecule has 0 fully saturated rings. The molecule has 4 rings (SSSR count). The highest BCUT2D eigenvalue weighted by Crippen LogP contribution is 2.24. The number of pyridine rings is 1. The Hall–Kier alpha value is -3.06. The maximum Gasteiger partial charge on any atom is 0.214 e. The molecule has 6 nitrogen and oxygen atoms in total. The van der Waals surface area contributed by atoms with Crippen molar-refractivity contribution in [3.63, 3.8) is 0 Å². The summed E-state index contributed by atoms with van der Waals surface area (Å²) in [6.07, 6.45) is 4.53. The minimum atomic E-state index is -0.237. The molecular weight excluding hydrogens is 418 g/mol. The predicted molar refractivity (Wildman–Crippen MR) is 113 cm³/mol. The highest BCUT2D eigenvalue weighted by molar-refractivity contribution is 9.10. The second-order valence-corrected chi connectivity index (χ2v) is 7.18. The fourth-order valence-corrected chi connectivity index (χ4v) is 3.21. The van der Waals surface area contributed by atoms with Gasteiger partial charge in [-0.1, -0.05) is 58.4 Å². The normalized spacial score (nSPS) is 12.5. The lowest BCUT2D eigenvalue weighted by atomic mass is 10.1. The van der Waals surface area contributed by atoms with Crippen molar-refractivity contribution in [3.8, 4) is 5.75 Å². The van der Waals surface area contributed by atoms with Crippen LogP contribution >= 0.6 is 15.9 Å². The molecule has 1 N–H and O–H groups in total. The molecule has 0 spiro atoms. The van der Waals surface area contributed by atoms with Gasteiger partial charge >= 0.3 is 0 Å². The summed E-state index contributed by atoms with van der Waals surface area (Å²) in [5.74, 6) is 1.31. The zero-order chi connectivity index (χ0) is 19.3. The van der Waals surface area contributed by atoms with Gasteiger partial charge in [0, 0.05) is 9.86 Å². The minimum absolute atomic E-state index is 0.237. The Bertz CT molecular complexity index is 1110. The molecule has 1 atom stereocenters. The van der Waals surface area contributed by atoms with Gasteiger partial charge in [0.1, 0.15) is 5.75 Å². The number of nitrogens with one attached hydrogen (secondary N) is 1. The first-order valence-electron chi connectivity index (χ1n) is 8.96. The number of aromatic nitrogens is 5. The maximum absolute atomic E-state index is 6.03. The van der Waals surface area contributed by atoms with Gasteiger partial charge in [-0.2, -0.15) is 5.21 Å². The second-order valence-electron chi connectivity index (χ2n) is 6.26. The molecule has 2 aromatic heterocycles. The van der Waals surface area contributed by atoms with E-state index in [0.717, 1.165) is 38.8 Å². The number of rotatable bonds is 6. The van der Waals surface area contributed by atoms with Crippen LogP contribution in [0.5, 0.6) is 5.75 Å². The average Bonchev–Trinajstić information content (AvgIpc) is 3.25. The lowest BCUT2D eigenvalue weighted by Gasteiger charge is -2.14. The van der Waals surface area contributed by atoms with Gasteiger partial charge in [0.05, 0.1) is 11.2 Å². The second kappa shape index (κ2) is 8.31. The van der Waals surface area contributed by atoms with Gasteiger partial charge in [0.15, 0.2) is 6.10 Å². The summed E-state index contributed by atoms with van der Waals surface area (Å²) in [6.45, 7) is 2.02. The average molecular weight is 436 g/mol. The molecule has 0 amide bonds. The van der Waals surface area contributed by atoms with Crippen molar-refractivity contribution < 1.29 is 4.74 Å². The molecule has 28 heavy (non-hydrogen) atoms. The Morgan fingerprint density at radius 1 is 1.11 bits per heavy atom. The number of aromatic amines is 1. The largest absolute Gasteiger partial charge is 0.482 e. The molecule has 2 aromatic carbocycles. The van der Waals surface area contributed by atoms with E-state index >= 15 is 0 Å². The van der Waals surface area contributed by atoms with Gasteiger partial charge in [-0.25, -0.2) is 4.98 Å². The summed E-state index contributed by atoms with van der Waals surface area (Å²) in [4.78, 5) is 4.69. The molecule has 2 heterocycles. The van der Waals surface area contributed by atoms with Crippen LogP contribution in [0.25, 0.3) is 23.1 Å². The third-order valence-corrected chi connectivity index (χ3v) is 4.77. The molecule has 4 aromatic rings. The highest BCUT2D eigenvalue weighted by Gasteiger charge is 2.15. The van der Waals surface area contributed by atoms with Crippen molar-refractivity contribution in [3.05, 3.63) is 76.2 Å². The summed E-state index contributed by atoms with van der Waals surface area (Å²) in [6, 6.07) is 18.1. The summed E-state index contributed by atoms with van der Waals surface area (Å²) in [5, 5.41) is 15.2. The molecule has 0 aliphatic rings. The van der Waals surface area contributed by atoms with Crippen molar-refractivity contribution in [1.29, 1.82) is 0 Å². The van der Waals surface area contributed by atoms with Gasteiger partial charge in [0.2, 0.25) is 5.82 Å². The monoisotopic (exact) mass is 435 g/mol. The van der Waals surface area contributed by atoms with Crippen LogP contribution in [0.3, 0.4) is 0 Å². The van der Waals surface area contributed by atoms with Crippen molar-refractivity contribution in [1.82, 2.24) is 25.6 Å². The van der Waals surface area contributed by atoms with E-state index in [4.69, 9.17) is 9.72 Å². The summed E-state index contributed by atoms with van der Waals surface area (Å²) < 4.78 is 7.05. The number of hydrogen-bond donors (Lipinski definition) is 1. The van der Waals surface area contributed by atoms with Crippen molar-refractivity contribution >= 4 is 39.0 Å². The molecule has 7 heteroatoms. The van der Waals surface area contributed by atoms with E-state index in [1.54, 1.807) is 0 Å². The molecule has 0 radical (unpaired) electrons. The first kappa shape index (κ1) is 18.3. The molecular formula is C21H18BrN5O. The van der Waals surface area contributed by atoms with Crippen molar-refractivity contribution in [2.24, 2.45) is 0 Å². The van der Waals surface area contributed by atoms with E-state index in [1.807, 2.05) is 61.5 Å². The van der Waals surface area contributed by atoms with Gasteiger partial charge in [0.25, 0.3) is 0 Å². The van der Waals surface area contributed by atoms with Gasteiger partial charge in [-0.15, -0.1) is 10.2 Å². The minimum Gasteiger partial charge on any atom is -0.482 e. The quantitative estimate of drug-likeness (QED) is 0.449. The Kier molecular flexibility index (Phi) is 5.43. The molecule has 0 saturated heterocycles. The SMILES string of the molecule is CCC(Oc1cccc(C=Cc2ccc3ccc(Br)cc3n2)c1)c1nn[nH]n1. The number of tetrazole rings is 1. The molecule has 0 saturated carbocycles. The number of halogens is 1. The van der Waals surface area contributed by atoms with E-state index in [2.05, 4.69) is 48.7 Å². The fraction of sp³-hybridized carbons (Fsp3) is 0.143. The van der Waals surface area contributed by atoms with E-state index < -0.39 is 0 Å². The van der Waals surface area contributed by atoms with Crippen molar-refractivity contribution in [2.45, 2.75) is 19.4 Å². The Morgan fingerprint density at radius 3 is 2.82 bits per heavy atom. The molecule has 0 aliphatic heterocycles.